The molecule has 0 saturated carbocycles. The van der Waals surface area contributed by atoms with Crippen molar-refractivity contribution in [3.05, 3.63) is 36.4 Å². The van der Waals surface area contributed by atoms with Gasteiger partial charge >= 0.3 is 0 Å². The molecule has 0 spiro atoms. The predicted molar refractivity (Wildman–Crippen MR) is 61.1 cm³/mol. The minimum Gasteiger partial charge on any atom is -0.389 e. The Balaban J connectivity index is 2.12. The first-order chi connectivity index (χ1) is 7.75. The molecule has 3 rings (SSSR count). The zero-order chi connectivity index (χ0) is 11.1. The molecule has 0 amide bonds. The maximum absolute atomic E-state index is 9.49. The minimum absolute atomic E-state index is 0.210. The van der Waals surface area contributed by atoms with Crippen LogP contribution in [-0.2, 0) is 0 Å². The lowest BCUT2D eigenvalue weighted by atomic mass is 10.2. The van der Waals surface area contributed by atoms with Gasteiger partial charge in [-0.05, 0) is 13.0 Å². The molecule has 0 radical (unpaired) electrons. The van der Waals surface area contributed by atoms with Crippen molar-refractivity contribution in [3.8, 4) is 0 Å². The van der Waals surface area contributed by atoms with Crippen LogP contribution >= 0.6 is 0 Å². The van der Waals surface area contributed by atoms with Crippen LogP contribution in [0.3, 0.4) is 0 Å². The van der Waals surface area contributed by atoms with Crippen molar-refractivity contribution < 1.29 is 5.11 Å². The van der Waals surface area contributed by atoms with Crippen molar-refractivity contribution in [3.63, 3.8) is 0 Å². The van der Waals surface area contributed by atoms with E-state index in [0.717, 1.165) is 23.1 Å². The summed E-state index contributed by atoms with van der Waals surface area (Å²) in [7, 11) is 0. The quantitative estimate of drug-likeness (QED) is 0.735. The van der Waals surface area contributed by atoms with Crippen molar-refractivity contribution >= 4 is 11.0 Å². The van der Waals surface area contributed by atoms with Crippen LogP contribution in [0.25, 0.3) is 11.0 Å². The molecule has 1 aliphatic rings. The second-order valence-corrected chi connectivity index (χ2v) is 4.17. The molecule has 82 valence electrons. The van der Waals surface area contributed by atoms with Crippen LogP contribution in [0.1, 0.15) is 18.2 Å². The SMILES string of the molecule is Cc1ncnc2c1ccn2[C@H]1C=C[C@@H](O)C1. The molecule has 0 aromatic carbocycles. The summed E-state index contributed by atoms with van der Waals surface area (Å²) in [5.74, 6) is 0. The molecule has 0 bridgehead atoms. The number of aliphatic hydroxyl groups is 1. The number of aliphatic hydroxyl groups excluding tert-OH is 1. The van der Waals surface area contributed by atoms with E-state index >= 15 is 0 Å². The third-order valence-electron chi connectivity index (χ3n) is 3.10. The number of rotatable bonds is 1. The van der Waals surface area contributed by atoms with Gasteiger partial charge in [0, 0.05) is 18.0 Å². The molecular weight excluding hydrogens is 202 g/mol. The van der Waals surface area contributed by atoms with E-state index in [4.69, 9.17) is 0 Å². The number of hydrogen-bond donors (Lipinski definition) is 1. The van der Waals surface area contributed by atoms with Crippen LogP contribution in [0.15, 0.2) is 30.7 Å². The molecule has 4 nitrogen and oxygen atoms in total. The second kappa shape index (κ2) is 3.42. The average molecular weight is 215 g/mol. The van der Waals surface area contributed by atoms with E-state index in [0.29, 0.717) is 0 Å². The first kappa shape index (κ1) is 9.54. The van der Waals surface area contributed by atoms with Crippen LogP contribution in [0, 0.1) is 6.92 Å². The van der Waals surface area contributed by atoms with E-state index in [1.807, 2.05) is 31.3 Å². The standard InChI is InChI=1S/C12H13N3O/c1-8-11-4-5-15(12(11)14-7-13-8)9-2-3-10(16)6-9/h2-5,7,9-10,16H,6H2,1H3/t9-,10+/m0/s1. The van der Waals surface area contributed by atoms with E-state index in [9.17, 15) is 5.11 Å². The minimum atomic E-state index is -0.328. The van der Waals surface area contributed by atoms with Gasteiger partial charge in [-0.15, -0.1) is 0 Å². The Morgan fingerprint density at radius 3 is 3.00 bits per heavy atom. The van der Waals surface area contributed by atoms with E-state index < -0.39 is 0 Å². The van der Waals surface area contributed by atoms with Gasteiger partial charge in [-0.2, -0.15) is 0 Å². The third-order valence-corrected chi connectivity index (χ3v) is 3.10. The Morgan fingerprint density at radius 2 is 2.25 bits per heavy atom. The van der Waals surface area contributed by atoms with Crippen molar-refractivity contribution in [2.75, 3.05) is 0 Å². The van der Waals surface area contributed by atoms with E-state index in [-0.39, 0.29) is 12.1 Å². The van der Waals surface area contributed by atoms with Gasteiger partial charge < -0.3 is 9.67 Å². The highest BCUT2D eigenvalue weighted by Gasteiger charge is 2.19. The summed E-state index contributed by atoms with van der Waals surface area (Å²) in [5.41, 5.74) is 1.93. The van der Waals surface area contributed by atoms with Gasteiger partial charge in [-0.25, -0.2) is 9.97 Å². The second-order valence-electron chi connectivity index (χ2n) is 4.17. The molecule has 16 heavy (non-hydrogen) atoms. The highest BCUT2D eigenvalue weighted by molar-refractivity contribution is 5.78. The van der Waals surface area contributed by atoms with Crippen LogP contribution in [0.5, 0.6) is 0 Å². The lowest BCUT2D eigenvalue weighted by Crippen LogP contribution is -2.07. The summed E-state index contributed by atoms with van der Waals surface area (Å²) in [6.45, 7) is 1.98. The summed E-state index contributed by atoms with van der Waals surface area (Å²) < 4.78 is 2.09. The molecule has 1 N–H and O–H groups in total. The van der Waals surface area contributed by atoms with Crippen molar-refractivity contribution in [2.24, 2.45) is 0 Å². The van der Waals surface area contributed by atoms with Gasteiger partial charge in [-0.3, -0.25) is 0 Å². The van der Waals surface area contributed by atoms with Gasteiger partial charge in [0.25, 0.3) is 0 Å². The summed E-state index contributed by atoms with van der Waals surface area (Å²) in [6.07, 6.45) is 7.87. The Bertz CT molecular complexity index is 558. The van der Waals surface area contributed by atoms with E-state index in [2.05, 4.69) is 14.5 Å². The molecule has 4 heteroatoms. The number of hydrogen-bond acceptors (Lipinski definition) is 3. The summed E-state index contributed by atoms with van der Waals surface area (Å²) in [6, 6.07) is 2.24. The molecule has 1 aliphatic carbocycles. The fourth-order valence-electron chi connectivity index (χ4n) is 2.23. The molecule has 0 fully saturated rings. The normalized spacial score (nSPS) is 24.4. The van der Waals surface area contributed by atoms with E-state index in [1.54, 1.807) is 6.33 Å². The first-order valence-electron chi connectivity index (χ1n) is 5.40. The first-order valence-corrected chi connectivity index (χ1v) is 5.40. The Morgan fingerprint density at radius 1 is 1.38 bits per heavy atom. The molecule has 0 aliphatic heterocycles. The largest absolute Gasteiger partial charge is 0.389 e. The number of fused-ring (bicyclic) bond motifs is 1. The molecule has 2 atom stereocenters. The average Bonchev–Trinajstić information content (AvgIpc) is 2.84. The Labute approximate surface area is 93.3 Å². The highest BCUT2D eigenvalue weighted by Crippen LogP contribution is 2.27. The molecule has 2 heterocycles. The van der Waals surface area contributed by atoms with E-state index in [1.165, 1.54) is 0 Å². The van der Waals surface area contributed by atoms with Gasteiger partial charge in [0.15, 0.2) is 0 Å². The topological polar surface area (TPSA) is 50.9 Å². The maximum Gasteiger partial charge on any atom is 0.144 e. The Kier molecular flexibility index (Phi) is 2.04. The van der Waals surface area contributed by atoms with Gasteiger partial charge in [-0.1, -0.05) is 12.2 Å². The smallest absolute Gasteiger partial charge is 0.144 e. The molecule has 2 aromatic rings. The summed E-state index contributed by atoms with van der Waals surface area (Å²) in [4.78, 5) is 8.48. The van der Waals surface area contributed by atoms with Crippen LogP contribution in [0.4, 0.5) is 0 Å². The zero-order valence-corrected chi connectivity index (χ0v) is 9.04. The van der Waals surface area contributed by atoms with Gasteiger partial charge in [0.2, 0.25) is 0 Å². The van der Waals surface area contributed by atoms with Gasteiger partial charge in [0.1, 0.15) is 12.0 Å². The third kappa shape index (κ3) is 1.34. The molecule has 0 saturated heterocycles. The van der Waals surface area contributed by atoms with Gasteiger partial charge in [0.05, 0.1) is 17.8 Å². The lowest BCUT2D eigenvalue weighted by Gasteiger charge is -2.12. The molecule has 2 aromatic heterocycles. The number of allylic oxidation sites excluding steroid dienone is 1. The summed E-state index contributed by atoms with van der Waals surface area (Å²) in [5, 5.41) is 10.6. The summed E-state index contributed by atoms with van der Waals surface area (Å²) >= 11 is 0. The van der Waals surface area contributed by atoms with Crippen molar-refractivity contribution in [1.29, 1.82) is 0 Å². The van der Waals surface area contributed by atoms with Crippen LogP contribution in [-0.4, -0.2) is 25.7 Å². The van der Waals surface area contributed by atoms with Crippen molar-refractivity contribution in [2.45, 2.75) is 25.5 Å². The lowest BCUT2D eigenvalue weighted by molar-refractivity contribution is 0.211. The number of aromatic nitrogens is 3. The van der Waals surface area contributed by atoms with Crippen LogP contribution in [0.2, 0.25) is 0 Å². The monoisotopic (exact) mass is 215 g/mol. The number of nitrogens with zero attached hydrogens (tertiary/aromatic N) is 3. The van der Waals surface area contributed by atoms with Crippen LogP contribution < -0.4 is 0 Å². The molecule has 0 unspecified atom stereocenters. The highest BCUT2D eigenvalue weighted by atomic mass is 16.3. The zero-order valence-electron chi connectivity index (χ0n) is 9.04. The van der Waals surface area contributed by atoms with Crippen molar-refractivity contribution in [1.82, 2.24) is 14.5 Å². The fraction of sp³-hybridized carbons (Fsp3) is 0.333. The maximum atomic E-state index is 9.49. The predicted octanol–water partition coefficient (Wildman–Crippen LogP) is 1.60. The fourth-order valence-corrected chi connectivity index (χ4v) is 2.23. The number of aryl methyl sites for hydroxylation is 1. The Hall–Kier alpha value is -1.68. The molecular formula is C12H13N3O.